The molecule has 6 heteroatoms. The Balaban J connectivity index is 1.62. The molecule has 1 aromatic heterocycles. The Hall–Kier alpha value is -2.20. The van der Waals surface area contributed by atoms with E-state index in [4.69, 9.17) is 44.0 Å². The van der Waals surface area contributed by atoms with Crippen LogP contribution in [0.4, 0.5) is 0 Å². The van der Waals surface area contributed by atoms with Crippen LogP contribution in [-0.2, 0) is 6.61 Å². The monoisotopic (exact) mass is 406 g/mol. The summed E-state index contributed by atoms with van der Waals surface area (Å²) < 4.78 is 11.2. The third kappa shape index (κ3) is 4.70. The van der Waals surface area contributed by atoms with Crippen molar-refractivity contribution in [2.75, 3.05) is 0 Å². The maximum atomic E-state index is 12.1. The summed E-state index contributed by atoms with van der Waals surface area (Å²) in [6, 6.07) is 15.3. The quantitative estimate of drug-likeness (QED) is 0.336. The third-order valence-electron chi connectivity index (χ3n) is 3.49. The third-order valence-corrected chi connectivity index (χ3v) is 4.34. The van der Waals surface area contributed by atoms with Gasteiger partial charge in [0.1, 0.15) is 18.1 Å². The van der Waals surface area contributed by atoms with E-state index < -0.39 is 0 Å². The van der Waals surface area contributed by atoms with Crippen molar-refractivity contribution >= 4 is 46.7 Å². The number of carbonyl (C=O) groups is 1. The van der Waals surface area contributed by atoms with Crippen LogP contribution in [0.1, 0.15) is 21.9 Å². The van der Waals surface area contributed by atoms with Crippen LogP contribution < -0.4 is 4.74 Å². The molecule has 0 bridgehead atoms. The van der Waals surface area contributed by atoms with Crippen molar-refractivity contribution in [2.24, 2.45) is 0 Å². The highest BCUT2D eigenvalue weighted by Crippen LogP contribution is 2.33. The normalized spacial score (nSPS) is 11.0. The summed E-state index contributed by atoms with van der Waals surface area (Å²) in [5.41, 5.74) is 0.550. The summed E-state index contributed by atoms with van der Waals surface area (Å²) in [4.78, 5) is 12.1. The predicted molar refractivity (Wildman–Crippen MR) is 104 cm³/mol. The van der Waals surface area contributed by atoms with E-state index >= 15 is 0 Å². The molecule has 0 unspecified atom stereocenters. The lowest BCUT2D eigenvalue weighted by Gasteiger charge is -2.07. The number of allylic oxidation sites excluding steroid dienone is 1. The first-order valence-electron chi connectivity index (χ1n) is 7.66. The van der Waals surface area contributed by atoms with Gasteiger partial charge in [-0.15, -0.1) is 0 Å². The van der Waals surface area contributed by atoms with Gasteiger partial charge in [-0.05, 0) is 60.7 Å². The number of hydrogen-bond donors (Lipinski definition) is 0. The highest BCUT2D eigenvalue weighted by molar-refractivity contribution is 6.37. The largest absolute Gasteiger partial charge is 0.483 e. The fraction of sp³-hybridized carbons (Fsp3) is 0.0500. The van der Waals surface area contributed by atoms with E-state index in [0.29, 0.717) is 37.9 Å². The van der Waals surface area contributed by atoms with Gasteiger partial charge in [0.15, 0.2) is 11.5 Å². The zero-order chi connectivity index (χ0) is 18.5. The maximum Gasteiger partial charge on any atom is 0.185 e. The van der Waals surface area contributed by atoms with Crippen LogP contribution in [0.25, 0.3) is 6.08 Å². The minimum absolute atomic E-state index is 0.140. The second-order valence-electron chi connectivity index (χ2n) is 5.35. The van der Waals surface area contributed by atoms with E-state index in [2.05, 4.69) is 0 Å². The highest BCUT2D eigenvalue weighted by Gasteiger charge is 2.08. The summed E-state index contributed by atoms with van der Waals surface area (Å²) in [7, 11) is 0. The highest BCUT2D eigenvalue weighted by atomic mass is 35.5. The topological polar surface area (TPSA) is 39.4 Å². The van der Waals surface area contributed by atoms with Gasteiger partial charge < -0.3 is 9.15 Å². The summed E-state index contributed by atoms with van der Waals surface area (Å²) in [6.07, 6.45) is 3.04. The first-order valence-corrected chi connectivity index (χ1v) is 8.80. The lowest BCUT2D eigenvalue weighted by atomic mass is 10.1. The number of furan rings is 1. The molecule has 0 aliphatic heterocycles. The average molecular weight is 408 g/mol. The van der Waals surface area contributed by atoms with Crippen molar-refractivity contribution < 1.29 is 13.9 Å². The van der Waals surface area contributed by atoms with Crippen molar-refractivity contribution in [3.63, 3.8) is 0 Å². The molecule has 0 spiro atoms. The van der Waals surface area contributed by atoms with Crippen molar-refractivity contribution in [1.29, 1.82) is 0 Å². The molecule has 0 amide bonds. The summed E-state index contributed by atoms with van der Waals surface area (Å²) >= 11 is 17.9. The minimum atomic E-state index is -0.140. The van der Waals surface area contributed by atoms with Crippen molar-refractivity contribution in [2.45, 2.75) is 6.61 Å². The van der Waals surface area contributed by atoms with Crippen LogP contribution in [0, 0.1) is 0 Å². The summed E-state index contributed by atoms with van der Waals surface area (Å²) in [5, 5.41) is 1.44. The Morgan fingerprint density at radius 1 is 0.962 bits per heavy atom. The standard InChI is InChI=1S/C20H13Cl3O3/c21-14-6-4-13(5-7-14)19(24)11-10-15-8-9-16(26-15)12-25-20-17(22)2-1-3-18(20)23/h1-11H,12H2/b11-10+. The Labute approximate surface area is 165 Å². The van der Waals surface area contributed by atoms with Gasteiger partial charge in [0.2, 0.25) is 0 Å². The van der Waals surface area contributed by atoms with E-state index in [1.807, 2.05) is 0 Å². The van der Waals surface area contributed by atoms with Gasteiger partial charge in [0.05, 0.1) is 10.0 Å². The molecule has 0 aliphatic rings. The Morgan fingerprint density at radius 3 is 2.35 bits per heavy atom. The Bertz CT molecular complexity index is 923. The molecule has 132 valence electrons. The van der Waals surface area contributed by atoms with Gasteiger partial charge in [0.25, 0.3) is 0 Å². The molecule has 0 aliphatic carbocycles. The fourth-order valence-corrected chi connectivity index (χ4v) is 2.83. The molecule has 0 saturated heterocycles. The summed E-state index contributed by atoms with van der Waals surface area (Å²) in [5.74, 6) is 1.39. The SMILES string of the molecule is O=C(/C=C/c1ccc(COc2c(Cl)cccc2Cl)o1)c1ccc(Cl)cc1. The van der Waals surface area contributed by atoms with Crippen molar-refractivity contribution in [3.8, 4) is 5.75 Å². The van der Waals surface area contributed by atoms with Gasteiger partial charge in [-0.3, -0.25) is 4.79 Å². The van der Waals surface area contributed by atoms with E-state index in [1.54, 1.807) is 60.7 Å². The molecule has 3 rings (SSSR count). The van der Waals surface area contributed by atoms with Crippen molar-refractivity contribution in [1.82, 2.24) is 0 Å². The summed E-state index contributed by atoms with van der Waals surface area (Å²) in [6.45, 7) is 0.169. The van der Waals surface area contributed by atoms with E-state index in [9.17, 15) is 4.79 Å². The van der Waals surface area contributed by atoms with Crippen molar-refractivity contribution in [3.05, 3.63) is 92.8 Å². The predicted octanol–water partition coefficient (Wildman–Crippen LogP) is 6.71. The number of rotatable bonds is 6. The van der Waals surface area contributed by atoms with E-state index in [1.165, 1.54) is 6.08 Å². The van der Waals surface area contributed by atoms with Gasteiger partial charge in [-0.1, -0.05) is 40.9 Å². The zero-order valence-electron chi connectivity index (χ0n) is 13.4. The molecule has 0 N–H and O–H groups in total. The second-order valence-corrected chi connectivity index (χ2v) is 6.60. The van der Waals surface area contributed by atoms with Crippen LogP contribution in [0.5, 0.6) is 5.75 Å². The van der Waals surface area contributed by atoms with Crippen LogP contribution in [-0.4, -0.2) is 5.78 Å². The first-order chi connectivity index (χ1) is 12.5. The maximum absolute atomic E-state index is 12.1. The molecule has 1 heterocycles. The number of ketones is 1. The number of benzene rings is 2. The molecule has 3 nitrogen and oxygen atoms in total. The lowest BCUT2D eigenvalue weighted by Crippen LogP contribution is -1.95. The van der Waals surface area contributed by atoms with Crippen LogP contribution in [0.2, 0.25) is 15.1 Å². The van der Waals surface area contributed by atoms with Gasteiger partial charge >= 0.3 is 0 Å². The second kappa shape index (κ2) is 8.45. The minimum Gasteiger partial charge on any atom is -0.483 e. The Kier molecular flexibility index (Phi) is 6.04. The van der Waals surface area contributed by atoms with Crippen LogP contribution >= 0.6 is 34.8 Å². The fourth-order valence-electron chi connectivity index (χ4n) is 2.19. The van der Waals surface area contributed by atoms with Gasteiger partial charge in [-0.25, -0.2) is 0 Å². The number of hydrogen-bond acceptors (Lipinski definition) is 3. The van der Waals surface area contributed by atoms with Crippen LogP contribution in [0.3, 0.4) is 0 Å². The molecular formula is C20H13Cl3O3. The average Bonchev–Trinajstić information content (AvgIpc) is 3.08. The van der Waals surface area contributed by atoms with Gasteiger partial charge in [0, 0.05) is 10.6 Å². The number of halogens is 3. The molecule has 0 atom stereocenters. The molecule has 0 saturated carbocycles. The molecule has 2 aromatic carbocycles. The number of ether oxygens (including phenoxy) is 1. The van der Waals surface area contributed by atoms with Gasteiger partial charge in [-0.2, -0.15) is 0 Å². The molecule has 26 heavy (non-hydrogen) atoms. The zero-order valence-corrected chi connectivity index (χ0v) is 15.7. The van der Waals surface area contributed by atoms with E-state index in [-0.39, 0.29) is 12.4 Å². The number of carbonyl (C=O) groups excluding carboxylic acids is 1. The molecule has 0 fully saturated rings. The molecule has 3 aromatic rings. The molecular weight excluding hydrogens is 395 g/mol. The Morgan fingerprint density at radius 2 is 1.65 bits per heavy atom. The number of para-hydroxylation sites is 1. The van der Waals surface area contributed by atoms with E-state index in [0.717, 1.165) is 0 Å². The lowest BCUT2D eigenvalue weighted by molar-refractivity contribution is 0.104. The smallest absolute Gasteiger partial charge is 0.185 e. The molecule has 0 radical (unpaired) electrons. The first kappa shape index (κ1) is 18.6. The van der Waals surface area contributed by atoms with Crippen LogP contribution in [0.15, 0.2) is 65.1 Å².